The van der Waals surface area contributed by atoms with Gasteiger partial charge in [-0.25, -0.2) is 0 Å². The van der Waals surface area contributed by atoms with E-state index in [1.807, 2.05) is 0 Å². The van der Waals surface area contributed by atoms with Crippen LogP contribution in [-0.4, -0.2) is 23.5 Å². The van der Waals surface area contributed by atoms with Gasteiger partial charge in [-0.2, -0.15) is 0 Å². The smallest absolute Gasteiger partial charge is 0.0453 e. The molecule has 2 N–H and O–H groups in total. The van der Waals surface area contributed by atoms with Crippen LogP contribution in [0.25, 0.3) is 0 Å². The first-order chi connectivity index (χ1) is 9.77. The van der Waals surface area contributed by atoms with E-state index in [0.717, 1.165) is 12.5 Å². The number of likely N-dealkylation sites (tertiary alicyclic amines) is 1. The first-order valence-electron chi connectivity index (χ1n) is 8.34. The number of hydrogen-bond donors (Lipinski definition) is 1. The molecule has 2 rings (SSSR count). The highest BCUT2D eigenvalue weighted by atomic mass is 15.2. The summed E-state index contributed by atoms with van der Waals surface area (Å²) in [6, 6.07) is 12.0. The molecule has 0 bridgehead atoms. The summed E-state index contributed by atoms with van der Waals surface area (Å²) in [5.74, 6) is 0. The van der Waals surface area contributed by atoms with Crippen LogP contribution in [0, 0.1) is 0 Å². The predicted molar refractivity (Wildman–Crippen MR) is 86.7 cm³/mol. The van der Waals surface area contributed by atoms with E-state index in [1.54, 1.807) is 0 Å². The molecule has 1 heterocycles. The summed E-state index contributed by atoms with van der Waals surface area (Å²) in [5, 5.41) is 0. The van der Waals surface area contributed by atoms with Crippen molar-refractivity contribution >= 4 is 0 Å². The molecule has 3 atom stereocenters. The third-order valence-corrected chi connectivity index (χ3v) is 4.74. The number of nitrogens with two attached hydrogens (primary N) is 1. The molecule has 20 heavy (non-hydrogen) atoms. The van der Waals surface area contributed by atoms with Crippen LogP contribution in [-0.2, 0) is 0 Å². The zero-order chi connectivity index (χ0) is 14.4. The first kappa shape index (κ1) is 15.5. The lowest BCUT2D eigenvalue weighted by Gasteiger charge is -2.43. The van der Waals surface area contributed by atoms with E-state index in [0.29, 0.717) is 6.04 Å². The molecule has 1 aliphatic rings. The molecule has 3 unspecified atom stereocenters. The minimum Gasteiger partial charge on any atom is -0.323 e. The van der Waals surface area contributed by atoms with E-state index in [2.05, 4.69) is 49.1 Å². The van der Waals surface area contributed by atoms with Gasteiger partial charge in [0, 0.05) is 18.1 Å². The fourth-order valence-corrected chi connectivity index (χ4v) is 3.69. The number of piperidine rings is 1. The van der Waals surface area contributed by atoms with E-state index in [9.17, 15) is 0 Å². The molecule has 0 spiro atoms. The van der Waals surface area contributed by atoms with Crippen LogP contribution < -0.4 is 5.73 Å². The average molecular weight is 274 g/mol. The van der Waals surface area contributed by atoms with Crippen molar-refractivity contribution in [3.8, 4) is 0 Å². The van der Waals surface area contributed by atoms with Crippen LogP contribution in [0.15, 0.2) is 30.3 Å². The van der Waals surface area contributed by atoms with Crippen molar-refractivity contribution in [1.29, 1.82) is 0 Å². The SMILES string of the molecule is CCCC1CCCCN1C(CC)C(N)c1ccccc1. The molecule has 0 aromatic heterocycles. The summed E-state index contributed by atoms with van der Waals surface area (Å²) in [6.45, 7) is 5.81. The standard InChI is InChI=1S/C18H30N2/c1-3-10-16-13-8-9-14-20(16)17(4-2)18(19)15-11-6-5-7-12-15/h5-7,11-12,16-18H,3-4,8-10,13-14,19H2,1-2H3. The lowest BCUT2D eigenvalue weighted by molar-refractivity contribution is 0.0714. The topological polar surface area (TPSA) is 29.3 Å². The Balaban J connectivity index is 2.13. The Hall–Kier alpha value is -0.860. The van der Waals surface area contributed by atoms with Gasteiger partial charge in [0.1, 0.15) is 0 Å². The van der Waals surface area contributed by atoms with Crippen LogP contribution in [0.2, 0.25) is 0 Å². The maximum absolute atomic E-state index is 6.60. The molecule has 2 heteroatoms. The van der Waals surface area contributed by atoms with Gasteiger partial charge in [0.2, 0.25) is 0 Å². The number of rotatable bonds is 6. The molecule has 0 amide bonds. The zero-order valence-corrected chi connectivity index (χ0v) is 13.1. The van der Waals surface area contributed by atoms with Gasteiger partial charge in [-0.1, -0.05) is 57.0 Å². The minimum atomic E-state index is 0.138. The van der Waals surface area contributed by atoms with Crippen molar-refractivity contribution in [2.45, 2.75) is 70.5 Å². The molecule has 1 aromatic carbocycles. The molecular formula is C18H30N2. The van der Waals surface area contributed by atoms with E-state index in [1.165, 1.54) is 44.2 Å². The quantitative estimate of drug-likeness (QED) is 0.845. The number of benzene rings is 1. The summed E-state index contributed by atoms with van der Waals surface area (Å²) in [7, 11) is 0. The van der Waals surface area contributed by atoms with E-state index in [4.69, 9.17) is 5.73 Å². The van der Waals surface area contributed by atoms with Crippen molar-refractivity contribution in [1.82, 2.24) is 4.90 Å². The summed E-state index contributed by atoms with van der Waals surface area (Å²) in [5.41, 5.74) is 7.88. The fourth-order valence-electron chi connectivity index (χ4n) is 3.69. The van der Waals surface area contributed by atoms with Gasteiger partial charge < -0.3 is 5.73 Å². The lowest BCUT2D eigenvalue weighted by atomic mass is 9.90. The highest BCUT2D eigenvalue weighted by Crippen LogP contribution is 2.29. The van der Waals surface area contributed by atoms with Gasteiger partial charge in [0.25, 0.3) is 0 Å². The van der Waals surface area contributed by atoms with Gasteiger partial charge in [0.15, 0.2) is 0 Å². The molecule has 112 valence electrons. The Kier molecular flexibility index (Phi) is 6.06. The van der Waals surface area contributed by atoms with Gasteiger partial charge in [0.05, 0.1) is 0 Å². The maximum atomic E-state index is 6.60. The van der Waals surface area contributed by atoms with Gasteiger partial charge >= 0.3 is 0 Å². The average Bonchev–Trinajstić information content (AvgIpc) is 2.51. The van der Waals surface area contributed by atoms with Crippen molar-refractivity contribution < 1.29 is 0 Å². The maximum Gasteiger partial charge on any atom is 0.0453 e. The highest BCUT2D eigenvalue weighted by Gasteiger charge is 2.31. The summed E-state index contributed by atoms with van der Waals surface area (Å²) in [6.07, 6.45) is 7.80. The molecule has 1 aliphatic heterocycles. The lowest BCUT2D eigenvalue weighted by Crippen LogP contribution is -2.50. The van der Waals surface area contributed by atoms with E-state index < -0.39 is 0 Å². The molecule has 2 nitrogen and oxygen atoms in total. The van der Waals surface area contributed by atoms with Crippen LogP contribution in [0.3, 0.4) is 0 Å². The Morgan fingerprint density at radius 3 is 2.60 bits per heavy atom. The van der Waals surface area contributed by atoms with Crippen molar-refractivity contribution in [3.05, 3.63) is 35.9 Å². The van der Waals surface area contributed by atoms with Crippen LogP contribution in [0.5, 0.6) is 0 Å². The molecule has 1 saturated heterocycles. The molecule has 0 aliphatic carbocycles. The zero-order valence-electron chi connectivity index (χ0n) is 13.1. The van der Waals surface area contributed by atoms with Gasteiger partial charge in [-0.15, -0.1) is 0 Å². The minimum absolute atomic E-state index is 0.138. The Labute approximate surface area is 124 Å². The Morgan fingerprint density at radius 2 is 1.95 bits per heavy atom. The van der Waals surface area contributed by atoms with Crippen molar-refractivity contribution in [2.24, 2.45) is 5.73 Å². The van der Waals surface area contributed by atoms with E-state index >= 15 is 0 Å². The highest BCUT2D eigenvalue weighted by molar-refractivity contribution is 5.20. The van der Waals surface area contributed by atoms with Crippen molar-refractivity contribution in [3.63, 3.8) is 0 Å². The summed E-state index contributed by atoms with van der Waals surface area (Å²) >= 11 is 0. The largest absolute Gasteiger partial charge is 0.323 e. The summed E-state index contributed by atoms with van der Waals surface area (Å²) in [4.78, 5) is 2.71. The van der Waals surface area contributed by atoms with Gasteiger partial charge in [-0.05, 0) is 37.8 Å². The molecule has 0 radical (unpaired) electrons. The Morgan fingerprint density at radius 1 is 1.20 bits per heavy atom. The Bertz CT molecular complexity index is 374. The second kappa shape index (κ2) is 7.80. The molecule has 1 aromatic rings. The monoisotopic (exact) mass is 274 g/mol. The second-order valence-electron chi connectivity index (χ2n) is 6.09. The van der Waals surface area contributed by atoms with Crippen molar-refractivity contribution in [2.75, 3.05) is 6.54 Å². The summed E-state index contributed by atoms with van der Waals surface area (Å²) < 4.78 is 0. The normalized spacial score (nSPS) is 23.4. The number of hydrogen-bond acceptors (Lipinski definition) is 2. The number of nitrogens with zero attached hydrogens (tertiary/aromatic N) is 1. The third kappa shape index (κ3) is 3.62. The molecular weight excluding hydrogens is 244 g/mol. The second-order valence-corrected chi connectivity index (χ2v) is 6.09. The predicted octanol–water partition coefficient (Wildman–Crippen LogP) is 4.12. The van der Waals surface area contributed by atoms with Crippen LogP contribution >= 0.6 is 0 Å². The van der Waals surface area contributed by atoms with Crippen LogP contribution in [0.4, 0.5) is 0 Å². The molecule has 1 fully saturated rings. The fraction of sp³-hybridized carbons (Fsp3) is 0.667. The van der Waals surface area contributed by atoms with Gasteiger partial charge in [-0.3, -0.25) is 4.90 Å². The third-order valence-electron chi connectivity index (χ3n) is 4.74. The molecule has 0 saturated carbocycles. The van der Waals surface area contributed by atoms with E-state index in [-0.39, 0.29) is 6.04 Å². The first-order valence-corrected chi connectivity index (χ1v) is 8.34. The van der Waals surface area contributed by atoms with Crippen LogP contribution in [0.1, 0.15) is 64.0 Å².